The lowest BCUT2D eigenvalue weighted by atomic mass is 10.0. The van der Waals surface area contributed by atoms with Crippen molar-refractivity contribution < 1.29 is 8.95 Å². The van der Waals surface area contributed by atoms with E-state index >= 15 is 0 Å². The van der Waals surface area contributed by atoms with Crippen molar-refractivity contribution in [3.05, 3.63) is 105 Å². The van der Waals surface area contributed by atoms with Crippen LogP contribution in [0.5, 0.6) is 5.75 Å². The van der Waals surface area contributed by atoms with Gasteiger partial charge in [-0.15, -0.1) is 0 Å². The van der Waals surface area contributed by atoms with Crippen LogP contribution in [0.2, 0.25) is 5.02 Å². The first kappa shape index (κ1) is 25.5. The zero-order valence-corrected chi connectivity index (χ0v) is 22.7. The Bertz CT molecular complexity index is 1850. The van der Waals surface area contributed by atoms with Crippen molar-refractivity contribution in [3.8, 4) is 11.4 Å². The molecule has 0 saturated carbocycles. The molecule has 3 aromatic carbocycles. The van der Waals surface area contributed by atoms with Gasteiger partial charge in [0, 0.05) is 35.7 Å². The summed E-state index contributed by atoms with van der Waals surface area (Å²) in [5.74, 6) is 0.556. The summed E-state index contributed by atoms with van der Waals surface area (Å²) in [4.78, 5) is 33.3. The van der Waals surface area contributed by atoms with Crippen LogP contribution >= 0.6 is 11.6 Å². The molecule has 1 fully saturated rings. The Morgan fingerprint density at radius 3 is 2.41 bits per heavy atom. The molecule has 1 aliphatic rings. The van der Waals surface area contributed by atoms with Crippen LogP contribution in [0, 0.1) is 0 Å². The second-order valence-corrected chi connectivity index (χ2v) is 11.3. The highest BCUT2D eigenvalue weighted by Gasteiger charge is 2.29. The zero-order chi connectivity index (χ0) is 27.1. The molecule has 10 heteroatoms. The van der Waals surface area contributed by atoms with Crippen molar-refractivity contribution in [1.29, 1.82) is 0 Å². The van der Waals surface area contributed by atoms with E-state index in [1.165, 1.54) is 6.20 Å². The largest absolute Gasteiger partial charge is 0.494 e. The Labute approximate surface area is 231 Å². The summed E-state index contributed by atoms with van der Waals surface area (Å²) in [6.07, 6.45) is 2.67. The summed E-state index contributed by atoms with van der Waals surface area (Å²) in [5, 5.41) is 1.41. The zero-order valence-electron chi connectivity index (χ0n) is 21.1. The van der Waals surface area contributed by atoms with Crippen molar-refractivity contribution >= 4 is 44.4 Å². The Morgan fingerprint density at radius 2 is 1.69 bits per heavy atom. The lowest BCUT2D eigenvalue weighted by Crippen LogP contribution is -2.44. The molecule has 0 spiro atoms. The van der Waals surface area contributed by atoms with Gasteiger partial charge >= 0.3 is 5.69 Å². The van der Waals surface area contributed by atoms with Crippen molar-refractivity contribution in [1.82, 2.24) is 18.4 Å². The van der Waals surface area contributed by atoms with Gasteiger partial charge in [0.2, 0.25) is 0 Å². The van der Waals surface area contributed by atoms with Gasteiger partial charge in [-0.1, -0.05) is 48.0 Å². The fourth-order valence-electron chi connectivity index (χ4n) is 5.31. The molecule has 0 amide bonds. The van der Waals surface area contributed by atoms with Gasteiger partial charge in [-0.2, -0.15) is 0 Å². The molecule has 0 aliphatic carbocycles. The minimum Gasteiger partial charge on any atom is -0.494 e. The third-order valence-corrected chi connectivity index (χ3v) is 8.90. The number of rotatable bonds is 5. The number of hydrogen-bond acceptors (Lipinski definition) is 5. The average Bonchev–Trinajstić information content (AvgIpc) is 2.97. The highest BCUT2D eigenvalue weighted by Crippen LogP contribution is 2.32. The number of aromatic nitrogens is 3. The molecule has 1 saturated heterocycles. The third kappa shape index (κ3) is 4.46. The van der Waals surface area contributed by atoms with E-state index in [9.17, 15) is 13.8 Å². The number of pyridine rings is 1. The monoisotopic (exact) mass is 560 g/mol. The van der Waals surface area contributed by atoms with Gasteiger partial charge in [0.15, 0.2) is 0 Å². The molecule has 0 radical (unpaired) electrons. The van der Waals surface area contributed by atoms with Crippen LogP contribution in [0.15, 0.2) is 93.5 Å². The maximum absolute atomic E-state index is 14.2. The molecule has 2 aromatic heterocycles. The molecule has 1 atom stereocenters. The number of hydrogen-bond donors (Lipinski definition) is 0. The SMILES string of the molecule is COc1cccc2c1ncc1c(=O)n(-c3cccc(Cl)c3)c(=O)n(C3CCN(S(=O)c4ccccc4)CC3)c12. The van der Waals surface area contributed by atoms with Crippen LogP contribution in [0.25, 0.3) is 27.5 Å². The van der Waals surface area contributed by atoms with Gasteiger partial charge < -0.3 is 4.74 Å². The normalized spacial score (nSPS) is 15.5. The second-order valence-electron chi connectivity index (χ2n) is 9.37. The number of fused-ring (bicyclic) bond motifs is 3. The Kier molecular flexibility index (Phi) is 6.80. The van der Waals surface area contributed by atoms with Crippen LogP contribution in [0.1, 0.15) is 18.9 Å². The number of para-hydroxylation sites is 1. The highest BCUT2D eigenvalue weighted by atomic mass is 35.5. The van der Waals surface area contributed by atoms with E-state index in [0.717, 1.165) is 9.46 Å². The van der Waals surface area contributed by atoms with Crippen LogP contribution in [0.4, 0.5) is 0 Å². The number of methoxy groups -OCH3 is 1. The van der Waals surface area contributed by atoms with Crippen molar-refractivity contribution in [3.63, 3.8) is 0 Å². The Hall–Kier alpha value is -3.79. The van der Waals surface area contributed by atoms with Crippen LogP contribution < -0.4 is 16.0 Å². The molecule has 8 nitrogen and oxygen atoms in total. The van der Waals surface area contributed by atoms with Crippen molar-refractivity contribution in [2.45, 2.75) is 23.8 Å². The van der Waals surface area contributed by atoms with Crippen molar-refractivity contribution in [2.24, 2.45) is 0 Å². The topological polar surface area (TPSA) is 86.4 Å². The fourth-order valence-corrected chi connectivity index (χ4v) is 6.72. The summed E-state index contributed by atoms with van der Waals surface area (Å²) in [6, 6.07) is 21.3. The van der Waals surface area contributed by atoms with E-state index in [0.29, 0.717) is 64.2 Å². The molecule has 0 N–H and O–H groups in total. The predicted octanol–water partition coefficient (Wildman–Crippen LogP) is 4.72. The van der Waals surface area contributed by atoms with E-state index in [1.54, 1.807) is 42.0 Å². The van der Waals surface area contributed by atoms with Gasteiger partial charge in [-0.3, -0.25) is 14.3 Å². The maximum atomic E-state index is 14.2. The minimum absolute atomic E-state index is 0.230. The molecular formula is C29H25ClN4O4S. The van der Waals surface area contributed by atoms with Gasteiger partial charge in [-0.05, 0) is 49.2 Å². The lowest BCUT2D eigenvalue weighted by molar-refractivity contribution is 0.281. The van der Waals surface area contributed by atoms with Gasteiger partial charge in [0.25, 0.3) is 5.56 Å². The number of ether oxygens (including phenoxy) is 1. The summed E-state index contributed by atoms with van der Waals surface area (Å²) in [5.41, 5.74) is 0.570. The predicted molar refractivity (Wildman–Crippen MR) is 153 cm³/mol. The smallest absolute Gasteiger partial charge is 0.336 e. The van der Waals surface area contributed by atoms with E-state index in [-0.39, 0.29) is 6.04 Å². The summed E-state index contributed by atoms with van der Waals surface area (Å²) in [6.45, 7) is 1.06. The summed E-state index contributed by atoms with van der Waals surface area (Å²) in [7, 11) is 0.272. The van der Waals surface area contributed by atoms with E-state index in [4.69, 9.17) is 16.3 Å². The number of benzene rings is 3. The first-order chi connectivity index (χ1) is 19.0. The molecule has 6 rings (SSSR count). The molecule has 3 heterocycles. The van der Waals surface area contributed by atoms with Crippen LogP contribution in [0.3, 0.4) is 0 Å². The van der Waals surface area contributed by atoms with Gasteiger partial charge in [0.1, 0.15) is 22.3 Å². The van der Waals surface area contributed by atoms with Crippen LogP contribution in [-0.4, -0.2) is 42.8 Å². The van der Waals surface area contributed by atoms with E-state index in [2.05, 4.69) is 4.98 Å². The molecule has 0 bridgehead atoms. The highest BCUT2D eigenvalue weighted by molar-refractivity contribution is 7.82. The molecule has 39 heavy (non-hydrogen) atoms. The molecule has 1 unspecified atom stereocenters. The Balaban J connectivity index is 1.53. The molecule has 198 valence electrons. The Morgan fingerprint density at radius 1 is 0.949 bits per heavy atom. The summed E-state index contributed by atoms with van der Waals surface area (Å²) < 4.78 is 23.5. The average molecular weight is 561 g/mol. The van der Waals surface area contributed by atoms with Gasteiger partial charge in [0.05, 0.1) is 28.6 Å². The van der Waals surface area contributed by atoms with Gasteiger partial charge in [-0.25, -0.2) is 17.9 Å². The fraction of sp³-hybridized carbons (Fsp3) is 0.207. The molecule has 5 aromatic rings. The first-order valence-electron chi connectivity index (χ1n) is 12.6. The molecule has 1 aliphatic heterocycles. The van der Waals surface area contributed by atoms with Crippen LogP contribution in [-0.2, 0) is 11.0 Å². The quantitative estimate of drug-likeness (QED) is 0.290. The number of nitrogens with zero attached hydrogens (tertiary/aromatic N) is 4. The number of halogens is 1. The molecular weight excluding hydrogens is 536 g/mol. The standard InChI is InChI=1S/C29H25ClN4O4S/c1-38-25-12-6-11-23-26(25)31-18-24-27(23)33(29(36)34(28(24)35)21-8-5-7-19(30)17-21)20-13-15-32(16-14-20)39(37)22-9-3-2-4-10-22/h2-12,17-18,20H,13-16H2,1H3. The van der Waals surface area contributed by atoms with Crippen molar-refractivity contribution in [2.75, 3.05) is 20.2 Å². The minimum atomic E-state index is -1.29. The summed E-state index contributed by atoms with van der Waals surface area (Å²) >= 11 is 6.23. The second kappa shape index (κ2) is 10.4. The third-order valence-electron chi connectivity index (χ3n) is 7.16. The lowest BCUT2D eigenvalue weighted by Gasteiger charge is -2.32. The van der Waals surface area contributed by atoms with E-state index < -0.39 is 22.2 Å². The first-order valence-corrected chi connectivity index (χ1v) is 14.1. The number of piperidine rings is 1. The maximum Gasteiger partial charge on any atom is 0.336 e. The van der Waals surface area contributed by atoms with E-state index in [1.807, 2.05) is 46.8 Å².